The minimum absolute atomic E-state index is 0.0132. The average molecular weight is 318 g/mol. The van der Waals surface area contributed by atoms with Gasteiger partial charge in [-0.15, -0.1) is 0 Å². The predicted molar refractivity (Wildman–Crippen MR) is 80.6 cm³/mol. The van der Waals surface area contributed by atoms with Gasteiger partial charge in [-0.1, -0.05) is 29.8 Å². The number of esters is 1. The number of hydrogen-bond donors (Lipinski definition) is 1. The first kappa shape index (κ1) is 14.4. The van der Waals surface area contributed by atoms with Crippen molar-refractivity contribution in [3.05, 3.63) is 58.9 Å². The van der Waals surface area contributed by atoms with E-state index in [1.54, 1.807) is 12.1 Å². The highest BCUT2D eigenvalue weighted by atomic mass is 35.5. The van der Waals surface area contributed by atoms with Gasteiger partial charge in [-0.05, 0) is 29.8 Å². The molecule has 112 valence electrons. The molecule has 0 spiro atoms. The standard InChI is InChI=1S/C16H12ClNO4/c17-12-8-11(19)6-5-10(12)7-16(20)21-9-15-18-13-3-1-2-4-14(13)22-15/h1-6,8,19H,7,9H2. The van der Waals surface area contributed by atoms with Crippen molar-refractivity contribution in [2.75, 3.05) is 0 Å². The maximum absolute atomic E-state index is 11.8. The highest BCUT2D eigenvalue weighted by molar-refractivity contribution is 6.31. The minimum Gasteiger partial charge on any atom is -0.508 e. The third kappa shape index (κ3) is 3.20. The summed E-state index contributed by atoms with van der Waals surface area (Å²) in [6.45, 7) is -0.0385. The fourth-order valence-electron chi connectivity index (χ4n) is 2.01. The van der Waals surface area contributed by atoms with Gasteiger partial charge in [0.15, 0.2) is 12.2 Å². The van der Waals surface area contributed by atoms with Crippen LogP contribution in [0.4, 0.5) is 0 Å². The number of phenols is 1. The maximum atomic E-state index is 11.8. The molecule has 0 amide bonds. The Morgan fingerprint density at radius 2 is 2.09 bits per heavy atom. The lowest BCUT2D eigenvalue weighted by molar-refractivity contribution is -0.144. The van der Waals surface area contributed by atoms with E-state index in [1.165, 1.54) is 12.1 Å². The summed E-state index contributed by atoms with van der Waals surface area (Å²) in [7, 11) is 0. The molecule has 0 aliphatic rings. The molecule has 6 heteroatoms. The second-order valence-corrected chi connectivity index (χ2v) is 5.10. The van der Waals surface area contributed by atoms with Gasteiger partial charge in [0.25, 0.3) is 0 Å². The molecular formula is C16H12ClNO4. The second kappa shape index (κ2) is 6.07. The molecule has 0 atom stereocenters. The van der Waals surface area contributed by atoms with Crippen molar-refractivity contribution in [1.82, 2.24) is 4.98 Å². The number of ether oxygens (including phenoxy) is 1. The van der Waals surface area contributed by atoms with E-state index in [2.05, 4.69) is 4.98 Å². The zero-order valence-electron chi connectivity index (χ0n) is 11.5. The second-order valence-electron chi connectivity index (χ2n) is 4.69. The Morgan fingerprint density at radius 3 is 2.86 bits per heavy atom. The summed E-state index contributed by atoms with van der Waals surface area (Å²) in [4.78, 5) is 16.0. The summed E-state index contributed by atoms with van der Waals surface area (Å²) in [5, 5.41) is 9.59. The number of benzene rings is 2. The number of para-hydroxylation sites is 2. The van der Waals surface area contributed by atoms with Crippen LogP contribution in [0.5, 0.6) is 5.75 Å². The highest BCUT2D eigenvalue weighted by Crippen LogP contribution is 2.22. The van der Waals surface area contributed by atoms with E-state index in [9.17, 15) is 9.90 Å². The van der Waals surface area contributed by atoms with E-state index in [4.69, 9.17) is 20.8 Å². The van der Waals surface area contributed by atoms with Crippen LogP contribution in [-0.2, 0) is 22.6 Å². The van der Waals surface area contributed by atoms with Crippen LogP contribution in [0.25, 0.3) is 11.1 Å². The van der Waals surface area contributed by atoms with Crippen molar-refractivity contribution in [2.24, 2.45) is 0 Å². The van der Waals surface area contributed by atoms with Crippen molar-refractivity contribution in [3.8, 4) is 5.75 Å². The molecule has 3 rings (SSSR count). The molecule has 0 aliphatic carbocycles. The topological polar surface area (TPSA) is 72.6 Å². The number of phenolic OH excluding ortho intramolecular Hbond substituents is 1. The normalized spacial score (nSPS) is 10.8. The van der Waals surface area contributed by atoms with Crippen molar-refractivity contribution >= 4 is 28.7 Å². The molecule has 0 bridgehead atoms. The van der Waals surface area contributed by atoms with Crippen molar-refractivity contribution in [1.29, 1.82) is 0 Å². The average Bonchev–Trinajstić information content (AvgIpc) is 2.91. The Kier molecular flexibility index (Phi) is 3.98. The molecule has 1 aromatic heterocycles. The van der Waals surface area contributed by atoms with Crippen LogP contribution in [0.2, 0.25) is 5.02 Å². The van der Waals surface area contributed by atoms with Crippen LogP contribution < -0.4 is 0 Å². The van der Waals surface area contributed by atoms with Gasteiger partial charge in [0, 0.05) is 5.02 Å². The molecule has 2 aromatic carbocycles. The maximum Gasteiger partial charge on any atom is 0.310 e. The summed E-state index contributed by atoms with van der Waals surface area (Å²) in [5.74, 6) is -0.0604. The Morgan fingerprint density at radius 1 is 1.27 bits per heavy atom. The number of halogens is 1. The molecule has 1 heterocycles. The van der Waals surface area contributed by atoms with E-state index in [-0.39, 0.29) is 18.8 Å². The molecule has 22 heavy (non-hydrogen) atoms. The van der Waals surface area contributed by atoms with E-state index < -0.39 is 5.97 Å². The number of rotatable bonds is 4. The largest absolute Gasteiger partial charge is 0.508 e. The number of hydrogen-bond acceptors (Lipinski definition) is 5. The van der Waals surface area contributed by atoms with Crippen LogP contribution in [0, 0.1) is 0 Å². The molecule has 0 fully saturated rings. The van der Waals surface area contributed by atoms with E-state index in [0.29, 0.717) is 22.1 Å². The SMILES string of the molecule is O=C(Cc1ccc(O)cc1Cl)OCc1nc2ccccc2o1. The predicted octanol–water partition coefficient (Wildman–Crippen LogP) is 3.47. The minimum atomic E-state index is -0.449. The van der Waals surface area contributed by atoms with Gasteiger partial charge in [-0.2, -0.15) is 0 Å². The Labute approximate surface area is 131 Å². The fourth-order valence-corrected chi connectivity index (χ4v) is 2.25. The van der Waals surface area contributed by atoms with E-state index in [0.717, 1.165) is 5.52 Å². The first-order valence-electron chi connectivity index (χ1n) is 6.59. The molecule has 0 aliphatic heterocycles. The summed E-state index contributed by atoms with van der Waals surface area (Å²) in [6, 6.07) is 11.7. The van der Waals surface area contributed by atoms with E-state index in [1.807, 2.05) is 18.2 Å². The Bertz CT molecular complexity index is 795. The fraction of sp³-hybridized carbons (Fsp3) is 0.125. The molecular weight excluding hydrogens is 306 g/mol. The first-order chi connectivity index (χ1) is 10.6. The quantitative estimate of drug-likeness (QED) is 0.746. The monoisotopic (exact) mass is 317 g/mol. The van der Waals surface area contributed by atoms with Crippen LogP contribution in [0.3, 0.4) is 0 Å². The summed E-state index contributed by atoms with van der Waals surface area (Å²) in [6.07, 6.45) is 0.0132. The van der Waals surface area contributed by atoms with Crippen molar-refractivity contribution < 1.29 is 19.1 Å². The first-order valence-corrected chi connectivity index (χ1v) is 6.97. The zero-order valence-corrected chi connectivity index (χ0v) is 12.2. The molecule has 3 aromatic rings. The number of fused-ring (bicyclic) bond motifs is 1. The number of carbonyl (C=O) groups is 1. The molecule has 5 nitrogen and oxygen atoms in total. The van der Waals surface area contributed by atoms with Gasteiger partial charge in [-0.25, -0.2) is 4.98 Å². The van der Waals surface area contributed by atoms with Gasteiger partial charge in [-0.3, -0.25) is 4.79 Å². The Balaban J connectivity index is 1.62. The lowest BCUT2D eigenvalue weighted by Crippen LogP contribution is -2.08. The van der Waals surface area contributed by atoms with Crippen LogP contribution in [0.15, 0.2) is 46.9 Å². The zero-order chi connectivity index (χ0) is 15.5. The highest BCUT2D eigenvalue weighted by Gasteiger charge is 2.11. The van der Waals surface area contributed by atoms with Gasteiger partial charge in [0.05, 0.1) is 6.42 Å². The molecule has 1 N–H and O–H groups in total. The number of carbonyl (C=O) groups excluding carboxylic acids is 1. The number of aromatic hydroxyl groups is 1. The van der Waals surface area contributed by atoms with Gasteiger partial charge < -0.3 is 14.3 Å². The summed E-state index contributed by atoms with van der Waals surface area (Å²) < 4.78 is 10.6. The van der Waals surface area contributed by atoms with Gasteiger partial charge in [0.1, 0.15) is 11.3 Å². The van der Waals surface area contributed by atoms with Gasteiger partial charge in [0.2, 0.25) is 5.89 Å². The lowest BCUT2D eigenvalue weighted by Gasteiger charge is -2.05. The summed E-state index contributed by atoms with van der Waals surface area (Å²) in [5.41, 5.74) is 1.95. The molecule has 0 radical (unpaired) electrons. The van der Waals surface area contributed by atoms with Crippen LogP contribution >= 0.6 is 11.6 Å². The van der Waals surface area contributed by atoms with Gasteiger partial charge >= 0.3 is 5.97 Å². The van der Waals surface area contributed by atoms with E-state index >= 15 is 0 Å². The van der Waals surface area contributed by atoms with Crippen molar-refractivity contribution in [2.45, 2.75) is 13.0 Å². The lowest BCUT2D eigenvalue weighted by atomic mass is 10.1. The Hall–Kier alpha value is -2.53. The third-order valence-electron chi connectivity index (χ3n) is 3.07. The van der Waals surface area contributed by atoms with Crippen LogP contribution in [-0.4, -0.2) is 16.1 Å². The smallest absolute Gasteiger partial charge is 0.310 e. The number of aromatic nitrogens is 1. The summed E-state index contributed by atoms with van der Waals surface area (Å²) >= 11 is 5.95. The van der Waals surface area contributed by atoms with Crippen molar-refractivity contribution in [3.63, 3.8) is 0 Å². The molecule has 0 unspecified atom stereocenters. The third-order valence-corrected chi connectivity index (χ3v) is 3.42. The molecule has 0 saturated carbocycles. The van der Waals surface area contributed by atoms with Crippen LogP contribution in [0.1, 0.15) is 11.5 Å². The number of nitrogens with zero attached hydrogens (tertiary/aromatic N) is 1. The molecule has 0 saturated heterocycles. The number of oxazole rings is 1.